The number of anilines is 1. The van der Waals surface area contributed by atoms with Gasteiger partial charge in [0.05, 0.1) is 39.4 Å². The van der Waals surface area contributed by atoms with Crippen molar-refractivity contribution in [2.75, 3.05) is 11.0 Å². The second-order valence-corrected chi connectivity index (χ2v) is 14.9. The topological polar surface area (TPSA) is 198 Å². The van der Waals surface area contributed by atoms with Gasteiger partial charge in [0.2, 0.25) is 15.9 Å². The van der Waals surface area contributed by atoms with E-state index in [0.717, 1.165) is 18.4 Å². The maximum absolute atomic E-state index is 15.1. The molecule has 54 heavy (non-hydrogen) atoms. The summed E-state index contributed by atoms with van der Waals surface area (Å²) in [6, 6.07) is 4.18. The molecular weight excluding hydrogens is 770 g/mol. The van der Waals surface area contributed by atoms with Crippen molar-refractivity contribution in [3.05, 3.63) is 91.7 Å². The fourth-order valence-electron chi connectivity index (χ4n) is 6.86. The van der Waals surface area contributed by atoms with Crippen molar-refractivity contribution < 1.29 is 39.6 Å². The molecular formula is C32H27ClF6N10O4S. The largest absolute Gasteiger partial charge is 0.346 e. The summed E-state index contributed by atoms with van der Waals surface area (Å²) >= 11 is 6.54. The van der Waals surface area contributed by atoms with Crippen molar-refractivity contribution in [1.82, 2.24) is 39.8 Å². The monoisotopic (exact) mass is 796 g/mol. The lowest BCUT2D eigenvalue weighted by molar-refractivity contribution is -0.122. The molecule has 0 radical (unpaired) electrons. The van der Waals surface area contributed by atoms with E-state index in [2.05, 4.69) is 35.2 Å². The van der Waals surface area contributed by atoms with E-state index in [-0.39, 0.29) is 61.7 Å². The van der Waals surface area contributed by atoms with Crippen molar-refractivity contribution in [2.24, 2.45) is 12.8 Å². The molecule has 0 unspecified atom stereocenters. The first-order valence-electron chi connectivity index (χ1n) is 15.8. The highest BCUT2D eigenvalue weighted by atomic mass is 35.5. The van der Waals surface area contributed by atoms with Crippen molar-refractivity contribution in [1.29, 1.82) is 0 Å². The Morgan fingerprint density at radius 2 is 1.80 bits per heavy atom. The fourth-order valence-corrected chi connectivity index (χ4v) is 7.59. The van der Waals surface area contributed by atoms with E-state index in [9.17, 15) is 35.6 Å². The smallest absolute Gasteiger partial charge is 0.325 e. The van der Waals surface area contributed by atoms with Crippen LogP contribution in [0.1, 0.15) is 53.1 Å². The van der Waals surface area contributed by atoms with E-state index in [1.807, 2.05) is 0 Å². The lowest BCUT2D eigenvalue weighted by atomic mass is 9.94. The van der Waals surface area contributed by atoms with Crippen molar-refractivity contribution in [2.45, 2.75) is 43.8 Å². The Hall–Kier alpha value is -5.41. The van der Waals surface area contributed by atoms with Gasteiger partial charge in [-0.15, -0.1) is 0 Å². The Kier molecular flexibility index (Phi) is 9.00. The fraction of sp³-hybridized carbons (Fsp3) is 0.281. The van der Waals surface area contributed by atoms with Gasteiger partial charge in [-0.25, -0.2) is 35.8 Å². The number of carbonyl (C=O) groups excluding carboxylic acids is 1. The highest BCUT2D eigenvalue weighted by molar-refractivity contribution is 7.92. The van der Waals surface area contributed by atoms with Gasteiger partial charge in [0.15, 0.2) is 11.5 Å². The maximum Gasteiger partial charge on any atom is 0.325 e. The minimum Gasteiger partial charge on any atom is -0.346 e. The molecule has 4 heterocycles. The number of halogens is 7. The molecule has 6 aromatic rings. The van der Waals surface area contributed by atoms with Gasteiger partial charge >= 0.3 is 5.69 Å². The minimum atomic E-state index is -3.85. The van der Waals surface area contributed by atoms with Crippen LogP contribution in [0.3, 0.4) is 0 Å². The molecule has 7 rings (SSSR count). The summed E-state index contributed by atoms with van der Waals surface area (Å²) in [5.41, 5.74) is 3.44. The quantitative estimate of drug-likeness (QED) is 0.121. The molecule has 0 saturated heterocycles. The number of H-pyrrole nitrogens is 2. The SMILES string of the molecule is Cn1nc(NS(C)(=O)=O)c2c(Cl)ccc(-c3cc4[nH]c(=O)[nH]c4nc3[C@H](Cc3cc(F)cc(F)c3)NC(=O)Cn3nc(C(F)F)c4c3C(F)(F)C[C@@H]4N)c21. The molecule has 22 heteroatoms. The zero-order valence-electron chi connectivity index (χ0n) is 27.8. The van der Waals surface area contributed by atoms with Gasteiger partial charge in [-0.05, 0) is 36.2 Å². The first-order valence-corrected chi connectivity index (χ1v) is 18.1. The second-order valence-electron chi connectivity index (χ2n) is 12.8. The van der Waals surface area contributed by atoms with Gasteiger partial charge in [0.1, 0.15) is 29.6 Å². The summed E-state index contributed by atoms with van der Waals surface area (Å²) in [5.74, 6) is -6.78. The predicted molar refractivity (Wildman–Crippen MR) is 183 cm³/mol. The van der Waals surface area contributed by atoms with E-state index in [0.29, 0.717) is 10.7 Å². The van der Waals surface area contributed by atoms with Crippen LogP contribution in [0.5, 0.6) is 0 Å². The zero-order chi connectivity index (χ0) is 39.0. The Labute approximate surface area is 304 Å². The number of rotatable bonds is 10. The first-order chi connectivity index (χ1) is 25.3. The number of hydrogen-bond acceptors (Lipinski definition) is 8. The molecule has 14 nitrogen and oxygen atoms in total. The number of aromatic nitrogens is 7. The van der Waals surface area contributed by atoms with Crippen LogP contribution in [0.25, 0.3) is 33.2 Å². The number of aryl methyl sites for hydroxylation is 1. The lowest BCUT2D eigenvalue weighted by Gasteiger charge is -2.23. The van der Waals surface area contributed by atoms with E-state index in [1.54, 1.807) is 0 Å². The van der Waals surface area contributed by atoms with Gasteiger partial charge in [-0.1, -0.05) is 17.7 Å². The van der Waals surface area contributed by atoms with Gasteiger partial charge in [-0.2, -0.15) is 19.0 Å². The summed E-state index contributed by atoms with van der Waals surface area (Å²) in [6.07, 6.45) is -3.74. The number of fused-ring (bicyclic) bond motifs is 3. The Bertz CT molecular complexity index is 2660. The molecule has 1 amide bonds. The number of sulfonamides is 1. The molecule has 1 aliphatic carbocycles. The third kappa shape index (κ3) is 6.77. The molecule has 0 bridgehead atoms. The average molecular weight is 797 g/mol. The van der Waals surface area contributed by atoms with Gasteiger partial charge in [-0.3, -0.25) is 23.9 Å². The van der Waals surface area contributed by atoms with Gasteiger partial charge in [0.25, 0.3) is 12.3 Å². The number of aromatic amines is 2. The van der Waals surface area contributed by atoms with E-state index in [4.69, 9.17) is 17.3 Å². The van der Waals surface area contributed by atoms with Crippen molar-refractivity contribution in [3.8, 4) is 11.1 Å². The number of carbonyl (C=O) groups is 1. The van der Waals surface area contributed by atoms with Crippen molar-refractivity contribution in [3.63, 3.8) is 0 Å². The standard InChI is InChI=1S/C32H27ClF6N10O4S/c1-48-26-15(3-4-17(33)22(26)30(46-48)47-54(2,52)53)16-9-20-29(44-31(51)42-20)43-24(16)19(7-12-5-13(34)8-14(35)6-12)41-21(50)11-49-27-23(25(45-49)28(36)37)18(40)10-32(27,38)39/h3-6,8-9,18-19,28H,7,10-11,40H2,1-2H3,(H,41,50)(H,46,47)(H2,42,43,44,51)/t18-,19-/m0/s1. The van der Waals surface area contributed by atoms with Crippen LogP contribution in [0.2, 0.25) is 5.02 Å². The van der Waals surface area contributed by atoms with Crippen LogP contribution < -0.4 is 21.5 Å². The van der Waals surface area contributed by atoms with Crippen LogP contribution in [-0.4, -0.2) is 55.1 Å². The summed E-state index contributed by atoms with van der Waals surface area (Å²) < 4.78 is 115. The molecule has 6 N–H and O–H groups in total. The maximum atomic E-state index is 15.1. The number of amides is 1. The highest BCUT2D eigenvalue weighted by Crippen LogP contribution is 2.49. The first kappa shape index (κ1) is 36.9. The molecule has 2 aromatic carbocycles. The summed E-state index contributed by atoms with van der Waals surface area (Å²) in [7, 11) is -2.36. The van der Waals surface area contributed by atoms with Crippen LogP contribution in [-0.2, 0) is 40.8 Å². The lowest BCUT2D eigenvalue weighted by Crippen LogP contribution is -2.35. The number of nitrogens with one attached hydrogen (secondary N) is 4. The number of hydrogen-bond donors (Lipinski definition) is 5. The second kappa shape index (κ2) is 13.2. The zero-order valence-corrected chi connectivity index (χ0v) is 29.4. The summed E-state index contributed by atoms with van der Waals surface area (Å²) in [6.45, 7) is -1.00. The van der Waals surface area contributed by atoms with E-state index >= 15 is 8.78 Å². The molecule has 284 valence electrons. The Balaban J connectivity index is 1.40. The average Bonchev–Trinajstić information content (AvgIpc) is 3.76. The summed E-state index contributed by atoms with van der Waals surface area (Å²) in [4.78, 5) is 35.8. The number of nitrogens with zero attached hydrogens (tertiary/aromatic N) is 5. The molecule has 0 aliphatic heterocycles. The number of alkyl halides is 4. The van der Waals surface area contributed by atoms with E-state index < -0.39 is 87.6 Å². The number of pyridine rings is 1. The number of imidazole rings is 1. The third-order valence-electron chi connectivity index (χ3n) is 8.78. The van der Waals surface area contributed by atoms with E-state index in [1.165, 1.54) is 29.9 Å². The normalized spacial score (nSPS) is 16.0. The minimum absolute atomic E-state index is 0.00658. The van der Waals surface area contributed by atoms with Crippen LogP contribution in [0.4, 0.5) is 32.2 Å². The number of benzene rings is 2. The van der Waals surface area contributed by atoms with Crippen molar-refractivity contribution >= 4 is 55.4 Å². The number of nitrogens with two attached hydrogens (primary N) is 1. The van der Waals surface area contributed by atoms with Crippen LogP contribution >= 0.6 is 11.6 Å². The molecule has 2 atom stereocenters. The molecule has 1 aliphatic rings. The third-order valence-corrected chi connectivity index (χ3v) is 9.66. The summed E-state index contributed by atoms with van der Waals surface area (Å²) in [5, 5.41) is 10.7. The Morgan fingerprint density at radius 3 is 2.46 bits per heavy atom. The molecule has 0 spiro atoms. The predicted octanol–water partition coefficient (Wildman–Crippen LogP) is 4.84. The van der Waals surface area contributed by atoms with Gasteiger partial charge in [0, 0.05) is 42.3 Å². The highest BCUT2D eigenvalue weighted by Gasteiger charge is 2.50. The molecule has 0 fully saturated rings. The van der Waals surface area contributed by atoms with Crippen LogP contribution in [0.15, 0.2) is 41.2 Å². The Morgan fingerprint density at radius 1 is 1.09 bits per heavy atom. The molecule has 0 saturated carbocycles. The molecule has 4 aromatic heterocycles. The van der Waals surface area contributed by atoms with Crippen LogP contribution in [0, 0.1) is 11.6 Å². The van der Waals surface area contributed by atoms with Gasteiger partial charge < -0.3 is 16.0 Å².